The molecule has 4 nitrogen and oxygen atoms in total. The monoisotopic (exact) mass is 220 g/mol. The Bertz CT molecular complexity index is 429. The number of rotatable bonds is 3. The Morgan fingerprint density at radius 3 is 2.31 bits per heavy atom. The van der Waals surface area contributed by atoms with E-state index in [1.807, 2.05) is 6.92 Å². The fraction of sp³-hybridized carbons (Fsp3) is 0.167. The molecule has 0 saturated heterocycles. The molecule has 0 unspecified atom stereocenters. The standard InChI is InChI=1S/C12H12O4/c1-8-3-5-9(6-4-8)10(13)7-11(14)12(15)16-2/h3-7,13H,1-2H3. The molecule has 16 heavy (non-hydrogen) atoms. The first kappa shape index (κ1) is 12.0. The van der Waals surface area contributed by atoms with Gasteiger partial charge < -0.3 is 9.84 Å². The predicted octanol–water partition coefficient (Wildman–Crippen LogP) is 1.64. The lowest BCUT2D eigenvalue weighted by Crippen LogP contribution is -2.13. The smallest absolute Gasteiger partial charge is 0.378 e. The Labute approximate surface area is 93.2 Å². The second-order valence-electron chi connectivity index (χ2n) is 3.25. The van der Waals surface area contributed by atoms with Crippen molar-refractivity contribution in [2.24, 2.45) is 0 Å². The van der Waals surface area contributed by atoms with Crippen LogP contribution < -0.4 is 0 Å². The average molecular weight is 220 g/mol. The Morgan fingerprint density at radius 1 is 1.25 bits per heavy atom. The number of ketones is 1. The first-order valence-electron chi connectivity index (χ1n) is 4.64. The molecule has 0 heterocycles. The molecule has 0 fully saturated rings. The molecule has 4 heteroatoms. The third-order valence-electron chi connectivity index (χ3n) is 2.00. The van der Waals surface area contributed by atoms with E-state index in [2.05, 4.69) is 4.74 Å². The number of ether oxygens (including phenoxy) is 1. The van der Waals surface area contributed by atoms with Crippen LogP contribution in [0.2, 0.25) is 0 Å². The van der Waals surface area contributed by atoms with Crippen LogP contribution in [0.4, 0.5) is 0 Å². The zero-order valence-corrected chi connectivity index (χ0v) is 9.06. The number of hydrogen-bond acceptors (Lipinski definition) is 4. The molecule has 0 saturated carbocycles. The van der Waals surface area contributed by atoms with Gasteiger partial charge in [0.15, 0.2) is 0 Å². The number of methoxy groups -OCH3 is 1. The summed E-state index contributed by atoms with van der Waals surface area (Å²) in [5.74, 6) is -2.14. The minimum absolute atomic E-state index is 0.254. The van der Waals surface area contributed by atoms with Crippen molar-refractivity contribution in [2.75, 3.05) is 7.11 Å². The van der Waals surface area contributed by atoms with Crippen LogP contribution in [0.15, 0.2) is 30.3 Å². The maximum atomic E-state index is 11.1. The third-order valence-corrected chi connectivity index (χ3v) is 2.00. The lowest BCUT2D eigenvalue weighted by molar-refractivity contribution is -0.149. The quantitative estimate of drug-likeness (QED) is 0.364. The molecular formula is C12H12O4. The number of esters is 1. The van der Waals surface area contributed by atoms with Gasteiger partial charge in [-0.2, -0.15) is 0 Å². The summed E-state index contributed by atoms with van der Waals surface area (Å²) >= 11 is 0. The minimum atomic E-state index is -1.00. The lowest BCUT2D eigenvalue weighted by Gasteiger charge is -2.00. The highest BCUT2D eigenvalue weighted by Gasteiger charge is 2.12. The molecule has 0 aliphatic rings. The van der Waals surface area contributed by atoms with E-state index in [0.717, 1.165) is 18.7 Å². The number of carbonyl (C=O) groups is 2. The van der Waals surface area contributed by atoms with Crippen molar-refractivity contribution >= 4 is 17.5 Å². The largest absolute Gasteiger partial charge is 0.507 e. The summed E-state index contributed by atoms with van der Waals surface area (Å²) in [4.78, 5) is 21.9. The Morgan fingerprint density at radius 2 is 1.81 bits per heavy atom. The van der Waals surface area contributed by atoms with Crippen LogP contribution in [-0.4, -0.2) is 24.0 Å². The maximum absolute atomic E-state index is 11.1. The topological polar surface area (TPSA) is 63.6 Å². The molecular weight excluding hydrogens is 208 g/mol. The van der Waals surface area contributed by atoms with Gasteiger partial charge in [-0.05, 0) is 6.92 Å². The van der Waals surface area contributed by atoms with Crippen LogP contribution in [-0.2, 0) is 14.3 Å². The predicted molar refractivity (Wildman–Crippen MR) is 58.8 cm³/mol. The van der Waals surface area contributed by atoms with E-state index in [4.69, 9.17) is 0 Å². The van der Waals surface area contributed by atoms with E-state index in [-0.39, 0.29) is 5.76 Å². The van der Waals surface area contributed by atoms with Crippen LogP contribution in [0.5, 0.6) is 0 Å². The average Bonchev–Trinajstić information content (AvgIpc) is 2.28. The first-order valence-corrected chi connectivity index (χ1v) is 4.64. The van der Waals surface area contributed by atoms with Crippen molar-refractivity contribution < 1.29 is 19.4 Å². The van der Waals surface area contributed by atoms with Gasteiger partial charge in [0.05, 0.1) is 7.11 Å². The SMILES string of the molecule is COC(=O)C(=O)C=C(O)c1ccc(C)cc1. The third kappa shape index (κ3) is 2.95. The molecule has 1 aromatic rings. The fourth-order valence-corrected chi connectivity index (χ4v) is 1.09. The van der Waals surface area contributed by atoms with E-state index in [1.54, 1.807) is 24.3 Å². The van der Waals surface area contributed by atoms with Crippen molar-refractivity contribution in [3.05, 3.63) is 41.5 Å². The summed E-state index contributed by atoms with van der Waals surface area (Å²) in [6.07, 6.45) is 0.844. The van der Waals surface area contributed by atoms with Crippen molar-refractivity contribution in [1.82, 2.24) is 0 Å². The van der Waals surface area contributed by atoms with Gasteiger partial charge in [0.1, 0.15) is 5.76 Å². The molecule has 1 rings (SSSR count). The zero-order chi connectivity index (χ0) is 12.1. The number of aliphatic hydroxyl groups excluding tert-OH is 1. The van der Waals surface area contributed by atoms with Gasteiger partial charge in [0, 0.05) is 11.6 Å². The minimum Gasteiger partial charge on any atom is -0.507 e. The van der Waals surface area contributed by atoms with E-state index in [0.29, 0.717) is 5.56 Å². The van der Waals surface area contributed by atoms with Crippen LogP contribution in [0.3, 0.4) is 0 Å². The van der Waals surface area contributed by atoms with Gasteiger partial charge in [0.25, 0.3) is 5.78 Å². The number of aryl methyl sites for hydroxylation is 1. The number of hydrogen-bond donors (Lipinski definition) is 1. The molecule has 0 aromatic heterocycles. The van der Waals surface area contributed by atoms with E-state index >= 15 is 0 Å². The maximum Gasteiger partial charge on any atom is 0.378 e. The molecule has 0 aliphatic heterocycles. The van der Waals surface area contributed by atoms with E-state index in [1.165, 1.54) is 0 Å². The van der Waals surface area contributed by atoms with Crippen molar-refractivity contribution in [1.29, 1.82) is 0 Å². The highest BCUT2D eigenvalue weighted by molar-refractivity contribution is 6.39. The Hall–Kier alpha value is -2.10. The van der Waals surface area contributed by atoms with Crippen molar-refractivity contribution in [3.63, 3.8) is 0 Å². The molecule has 0 spiro atoms. The summed E-state index contributed by atoms with van der Waals surface area (Å²) in [5, 5.41) is 9.56. The summed E-state index contributed by atoms with van der Waals surface area (Å²) in [5.41, 5.74) is 1.51. The van der Waals surface area contributed by atoms with Crippen LogP contribution in [0.1, 0.15) is 11.1 Å². The second-order valence-corrected chi connectivity index (χ2v) is 3.25. The van der Waals surface area contributed by atoms with Gasteiger partial charge in [-0.25, -0.2) is 4.79 Å². The lowest BCUT2D eigenvalue weighted by atomic mass is 10.1. The molecule has 1 N–H and O–H groups in total. The molecule has 0 amide bonds. The zero-order valence-electron chi connectivity index (χ0n) is 9.06. The molecule has 0 atom stereocenters. The highest BCUT2D eigenvalue weighted by atomic mass is 16.5. The van der Waals surface area contributed by atoms with Crippen LogP contribution in [0.25, 0.3) is 5.76 Å². The number of aliphatic hydroxyl groups is 1. The van der Waals surface area contributed by atoms with Crippen molar-refractivity contribution in [3.8, 4) is 0 Å². The van der Waals surface area contributed by atoms with Gasteiger partial charge in [-0.15, -0.1) is 0 Å². The van der Waals surface area contributed by atoms with Gasteiger partial charge in [-0.3, -0.25) is 4.79 Å². The Kier molecular flexibility index (Phi) is 3.83. The summed E-state index contributed by atoms with van der Waals surface area (Å²) in [6, 6.07) is 6.90. The van der Waals surface area contributed by atoms with Gasteiger partial charge in [0.2, 0.25) is 0 Å². The van der Waals surface area contributed by atoms with Crippen LogP contribution >= 0.6 is 0 Å². The number of carbonyl (C=O) groups excluding carboxylic acids is 2. The second kappa shape index (κ2) is 5.11. The number of benzene rings is 1. The summed E-state index contributed by atoms with van der Waals surface area (Å²) < 4.78 is 4.22. The van der Waals surface area contributed by atoms with Crippen molar-refractivity contribution in [2.45, 2.75) is 6.92 Å². The van der Waals surface area contributed by atoms with Gasteiger partial charge in [-0.1, -0.05) is 29.8 Å². The van der Waals surface area contributed by atoms with Crippen LogP contribution in [0, 0.1) is 6.92 Å². The molecule has 0 radical (unpaired) electrons. The fourth-order valence-electron chi connectivity index (χ4n) is 1.09. The molecule has 0 aliphatic carbocycles. The Balaban J connectivity index is 2.89. The molecule has 0 bridgehead atoms. The normalized spacial score (nSPS) is 11.0. The highest BCUT2D eigenvalue weighted by Crippen LogP contribution is 2.12. The van der Waals surface area contributed by atoms with E-state index < -0.39 is 11.8 Å². The molecule has 84 valence electrons. The summed E-state index contributed by atoms with van der Waals surface area (Å²) in [7, 11) is 1.11. The van der Waals surface area contributed by atoms with Gasteiger partial charge >= 0.3 is 5.97 Å². The molecule has 1 aromatic carbocycles. The van der Waals surface area contributed by atoms with E-state index in [9.17, 15) is 14.7 Å². The first-order chi connectivity index (χ1) is 7.54. The summed E-state index contributed by atoms with van der Waals surface area (Å²) in [6.45, 7) is 1.91.